The first-order valence-corrected chi connectivity index (χ1v) is 6.13. The average molecular weight is 227 g/mol. The van der Waals surface area contributed by atoms with Gasteiger partial charge in [0.1, 0.15) is 0 Å². The van der Waals surface area contributed by atoms with Crippen molar-refractivity contribution < 1.29 is 4.79 Å². The number of amides is 1. The van der Waals surface area contributed by atoms with E-state index < -0.39 is 0 Å². The smallest absolute Gasteiger partial charge is 0.238 e. The minimum absolute atomic E-state index is 0.0730. The Labute approximate surface area is 98.6 Å². The van der Waals surface area contributed by atoms with E-state index in [1.54, 1.807) is 0 Å². The van der Waals surface area contributed by atoms with E-state index in [2.05, 4.69) is 43.6 Å². The van der Waals surface area contributed by atoms with Gasteiger partial charge in [-0.1, -0.05) is 20.8 Å². The molecule has 16 heavy (non-hydrogen) atoms. The Hall–Kier alpha value is -0.610. The summed E-state index contributed by atoms with van der Waals surface area (Å²) in [6, 6.07) is 0.384. The number of carbonyl (C=O) groups excluding carboxylic acids is 1. The number of rotatable bonds is 3. The van der Waals surface area contributed by atoms with Crippen molar-refractivity contribution in [3.8, 4) is 0 Å². The second kappa shape index (κ2) is 5.64. The first-order valence-electron chi connectivity index (χ1n) is 6.13. The van der Waals surface area contributed by atoms with Gasteiger partial charge in [-0.2, -0.15) is 0 Å². The third-order valence-corrected chi connectivity index (χ3v) is 2.83. The summed E-state index contributed by atoms with van der Waals surface area (Å²) in [6.07, 6.45) is 1.01. The molecule has 1 saturated heterocycles. The molecule has 2 atom stereocenters. The van der Waals surface area contributed by atoms with Crippen molar-refractivity contribution in [3.63, 3.8) is 0 Å². The van der Waals surface area contributed by atoms with E-state index in [0.717, 1.165) is 26.1 Å². The Kier molecular flexibility index (Phi) is 4.74. The van der Waals surface area contributed by atoms with E-state index in [-0.39, 0.29) is 17.4 Å². The number of hydrogen-bond acceptors (Lipinski definition) is 3. The molecule has 1 fully saturated rings. The summed E-state index contributed by atoms with van der Waals surface area (Å²) in [6.45, 7) is 11.0. The van der Waals surface area contributed by atoms with E-state index in [0.29, 0.717) is 6.04 Å². The van der Waals surface area contributed by atoms with Gasteiger partial charge in [0.15, 0.2) is 0 Å². The second-order valence-electron chi connectivity index (χ2n) is 5.87. The number of hydrogen-bond donors (Lipinski definition) is 3. The Morgan fingerprint density at radius 2 is 2.00 bits per heavy atom. The van der Waals surface area contributed by atoms with Gasteiger partial charge in [-0.15, -0.1) is 0 Å². The molecular formula is C12H25N3O. The van der Waals surface area contributed by atoms with Crippen molar-refractivity contribution in [2.45, 2.75) is 46.2 Å². The van der Waals surface area contributed by atoms with Crippen LogP contribution in [0, 0.1) is 5.41 Å². The molecule has 0 aromatic carbocycles. The van der Waals surface area contributed by atoms with Crippen LogP contribution in [0.4, 0.5) is 0 Å². The molecule has 0 saturated carbocycles. The molecule has 0 bridgehead atoms. The maximum atomic E-state index is 11.8. The molecule has 0 spiro atoms. The van der Waals surface area contributed by atoms with Crippen LogP contribution in [-0.2, 0) is 4.79 Å². The van der Waals surface area contributed by atoms with Crippen molar-refractivity contribution >= 4 is 5.91 Å². The fourth-order valence-electron chi connectivity index (χ4n) is 1.65. The minimum atomic E-state index is -0.0730. The highest BCUT2D eigenvalue weighted by Gasteiger charge is 2.23. The van der Waals surface area contributed by atoms with Gasteiger partial charge in [0.05, 0.1) is 6.04 Å². The van der Waals surface area contributed by atoms with E-state index >= 15 is 0 Å². The van der Waals surface area contributed by atoms with Crippen LogP contribution in [-0.4, -0.2) is 37.6 Å². The summed E-state index contributed by atoms with van der Waals surface area (Å²) in [5.41, 5.74) is 0.278. The Bertz CT molecular complexity index is 227. The van der Waals surface area contributed by atoms with Crippen molar-refractivity contribution in [1.29, 1.82) is 0 Å². The highest BCUT2D eigenvalue weighted by atomic mass is 16.2. The number of nitrogens with one attached hydrogen (secondary N) is 3. The van der Waals surface area contributed by atoms with Crippen LogP contribution in [0.3, 0.4) is 0 Å². The summed E-state index contributed by atoms with van der Waals surface area (Å²) in [4.78, 5) is 11.8. The van der Waals surface area contributed by atoms with E-state index in [1.165, 1.54) is 0 Å². The van der Waals surface area contributed by atoms with Gasteiger partial charge in [-0.3, -0.25) is 4.79 Å². The van der Waals surface area contributed by atoms with E-state index in [1.807, 2.05) is 0 Å². The van der Waals surface area contributed by atoms with Gasteiger partial charge in [0, 0.05) is 25.7 Å². The average Bonchev–Trinajstić information content (AvgIpc) is 2.16. The standard InChI is InChI=1S/C12H25N3O/c1-9-7-15-10(8-14-9)11(16)13-6-5-12(2,3)4/h9-10,14-15H,5-8H2,1-4H3,(H,13,16). The Morgan fingerprint density at radius 3 is 2.50 bits per heavy atom. The van der Waals surface area contributed by atoms with Crippen molar-refractivity contribution in [3.05, 3.63) is 0 Å². The zero-order valence-corrected chi connectivity index (χ0v) is 10.9. The molecule has 0 aliphatic carbocycles. The molecule has 1 rings (SSSR count). The molecule has 1 heterocycles. The van der Waals surface area contributed by atoms with Gasteiger partial charge in [0.25, 0.3) is 0 Å². The monoisotopic (exact) mass is 227 g/mol. The summed E-state index contributed by atoms with van der Waals surface area (Å²) in [7, 11) is 0. The van der Waals surface area contributed by atoms with Crippen molar-refractivity contribution in [2.75, 3.05) is 19.6 Å². The van der Waals surface area contributed by atoms with Crippen molar-refractivity contribution in [2.24, 2.45) is 5.41 Å². The zero-order valence-electron chi connectivity index (χ0n) is 10.9. The van der Waals surface area contributed by atoms with Gasteiger partial charge in [-0.05, 0) is 18.8 Å². The van der Waals surface area contributed by atoms with Crippen LogP contribution in [0.2, 0.25) is 0 Å². The summed E-state index contributed by atoms with van der Waals surface area (Å²) in [5, 5.41) is 9.52. The highest BCUT2D eigenvalue weighted by molar-refractivity contribution is 5.82. The van der Waals surface area contributed by atoms with Gasteiger partial charge in [-0.25, -0.2) is 0 Å². The van der Waals surface area contributed by atoms with Crippen LogP contribution in [0.15, 0.2) is 0 Å². The van der Waals surface area contributed by atoms with Crippen LogP contribution < -0.4 is 16.0 Å². The fraction of sp³-hybridized carbons (Fsp3) is 0.917. The normalized spacial score (nSPS) is 26.5. The van der Waals surface area contributed by atoms with Crippen molar-refractivity contribution in [1.82, 2.24) is 16.0 Å². The summed E-state index contributed by atoms with van der Waals surface area (Å²) < 4.78 is 0. The molecule has 94 valence electrons. The molecule has 4 nitrogen and oxygen atoms in total. The fourth-order valence-corrected chi connectivity index (χ4v) is 1.65. The van der Waals surface area contributed by atoms with Crippen LogP contribution in [0.25, 0.3) is 0 Å². The second-order valence-corrected chi connectivity index (χ2v) is 5.87. The molecule has 0 aromatic heterocycles. The van der Waals surface area contributed by atoms with E-state index in [4.69, 9.17) is 0 Å². The largest absolute Gasteiger partial charge is 0.355 e. The lowest BCUT2D eigenvalue weighted by atomic mass is 9.92. The summed E-state index contributed by atoms with van der Waals surface area (Å²) in [5.74, 6) is 0.114. The number of carbonyl (C=O) groups is 1. The molecule has 1 amide bonds. The minimum Gasteiger partial charge on any atom is -0.355 e. The Balaban J connectivity index is 2.20. The van der Waals surface area contributed by atoms with Crippen LogP contribution in [0.5, 0.6) is 0 Å². The first-order chi connectivity index (χ1) is 7.38. The van der Waals surface area contributed by atoms with Crippen LogP contribution >= 0.6 is 0 Å². The molecule has 0 aromatic rings. The topological polar surface area (TPSA) is 53.2 Å². The van der Waals surface area contributed by atoms with E-state index in [9.17, 15) is 4.79 Å². The molecule has 1 aliphatic heterocycles. The van der Waals surface area contributed by atoms with Gasteiger partial charge in [0.2, 0.25) is 5.91 Å². The lowest BCUT2D eigenvalue weighted by molar-refractivity contribution is -0.123. The van der Waals surface area contributed by atoms with Gasteiger partial charge < -0.3 is 16.0 Å². The van der Waals surface area contributed by atoms with Gasteiger partial charge >= 0.3 is 0 Å². The maximum absolute atomic E-state index is 11.8. The molecule has 4 heteroatoms. The lowest BCUT2D eigenvalue weighted by Crippen LogP contribution is -2.59. The molecule has 3 N–H and O–H groups in total. The number of piperazine rings is 1. The molecule has 2 unspecified atom stereocenters. The summed E-state index contributed by atoms with van der Waals surface area (Å²) >= 11 is 0. The molecule has 1 aliphatic rings. The third kappa shape index (κ3) is 4.94. The molecular weight excluding hydrogens is 202 g/mol. The Morgan fingerprint density at radius 1 is 1.31 bits per heavy atom. The highest BCUT2D eigenvalue weighted by Crippen LogP contribution is 2.16. The lowest BCUT2D eigenvalue weighted by Gasteiger charge is -2.28. The van der Waals surface area contributed by atoms with Crippen LogP contribution in [0.1, 0.15) is 34.1 Å². The predicted octanol–water partition coefficient (Wildman–Crippen LogP) is 0.489. The predicted molar refractivity (Wildman–Crippen MR) is 66.3 cm³/mol. The molecule has 0 radical (unpaired) electrons. The maximum Gasteiger partial charge on any atom is 0.238 e. The first kappa shape index (κ1) is 13.5. The third-order valence-electron chi connectivity index (χ3n) is 2.83. The zero-order chi connectivity index (χ0) is 12.2. The quantitative estimate of drug-likeness (QED) is 0.658. The SMILES string of the molecule is CC1CNC(C(=O)NCCC(C)(C)C)CN1.